The van der Waals surface area contributed by atoms with Gasteiger partial charge in [-0.3, -0.25) is 4.79 Å². The first kappa shape index (κ1) is 16.5. The van der Waals surface area contributed by atoms with E-state index in [1.807, 2.05) is 18.9 Å². The zero-order valence-corrected chi connectivity index (χ0v) is 12.5. The molecule has 0 N–H and O–H groups in total. The molecule has 0 fully saturated rings. The third-order valence-electron chi connectivity index (χ3n) is 3.52. The molecule has 0 saturated carbocycles. The molecule has 2 nitrogen and oxygen atoms in total. The van der Waals surface area contributed by atoms with Crippen molar-refractivity contribution in [2.24, 2.45) is 11.8 Å². The highest BCUT2D eigenvalue weighted by Crippen LogP contribution is 2.22. The molecule has 1 unspecified atom stereocenters. The molecule has 0 aliphatic rings. The van der Waals surface area contributed by atoms with Gasteiger partial charge in [-0.25, -0.2) is 0 Å². The first-order chi connectivity index (χ1) is 8.01. The number of hydrogen-bond acceptors (Lipinski definition) is 1. The molecular formula is C15H31NO. The van der Waals surface area contributed by atoms with Gasteiger partial charge in [0.05, 0.1) is 0 Å². The number of nitrogens with zero attached hydrogens (tertiary/aromatic N) is 1. The van der Waals surface area contributed by atoms with E-state index in [1.165, 1.54) is 25.7 Å². The lowest BCUT2D eigenvalue weighted by Gasteiger charge is -2.19. The van der Waals surface area contributed by atoms with Gasteiger partial charge in [-0.2, -0.15) is 0 Å². The fraction of sp³-hybridized carbons (Fsp3) is 0.933. The second-order valence-electron chi connectivity index (χ2n) is 5.57. The number of carbonyl (C=O) groups excluding carboxylic acids is 1. The zero-order chi connectivity index (χ0) is 13.3. The van der Waals surface area contributed by atoms with E-state index in [4.69, 9.17) is 0 Å². The van der Waals surface area contributed by atoms with E-state index in [1.54, 1.807) is 0 Å². The number of carbonyl (C=O) groups is 1. The second kappa shape index (κ2) is 9.49. The summed E-state index contributed by atoms with van der Waals surface area (Å²) in [4.78, 5) is 13.6. The second-order valence-corrected chi connectivity index (χ2v) is 5.57. The van der Waals surface area contributed by atoms with Gasteiger partial charge in [0.15, 0.2) is 0 Å². The Labute approximate surface area is 108 Å². The predicted molar refractivity (Wildman–Crippen MR) is 75.0 cm³/mol. The first-order valence-electron chi connectivity index (χ1n) is 7.25. The summed E-state index contributed by atoms with van der Waals surface area (Å²) in [7, 11) is 1.89. The minimum Gasteiger partial charge on any atom is -0.346 e. The van der Waals surface area contributed by atoms with E-state index in [0.29, 0.717) is 5.91 Å². The lowest BCUT2D eigenvalue weighted by Crippen LogP contribution is -2.26. The predicted octanol–water partition coefficient (Wildman–Crippen LogP) is 4.10. The quantitative estimate of drug-likeness (QED) is 0.595. The van der Waals surface area contributed by atoms with Crippen molar-refractivity contribution in [3.8, 4) is 0 Å². The Kier molecular flexibility index (Phi) is 9.20. The molecule has 0 rings (SSSR count). The van der Waals surface area contributed by atoms with E-state index in [2.05, 4.69) is 20.8 Å². The summed E-state index contributed by atoms with van der Waals surface area (Å²) >= 11 is 0. The average molecular weight is 241 g/mol. The molecular weight excluding hydrogens is 210 g/mol. The van der Waals surface area contributed by atoms with Crippen molar-refractivity contribution in [3.05, 3.63) is 0 Å². The van der Waals surface area contributed by atoms with Crippen molar-refractivity contribution >= 4 is 5.91 Å². The summed E-state index contributed by atoms with van der Waals surface area (Å²) in [6, 6.07) is 0. The largest absolute Gasteiger partial charge is 0.346 e. The summed E-state index contributed by atoms with van der Waals surface area (Å²) in [6.45, 7) is 9.64. The van der Waals surface area contributed by atoms with Crippen molar-refractivity contribution in [1.82, 2.24) is 4.90 Å². The van der Waals surface area contributed by atoms with Crippen molar-refractivity contribution in [3.63, 3.8) is 0 Å². The van der Waals surface area contributed by atoms with E-state index in [9.17, 15) is 4.79 Å². The molecule has 0 aliphatic heterocycles. The third kappa shape index (κ3) is 8.23. The van der Waals surface area contributed by atoms with Gasteiger partial charge in [0.2, 0.25) is 5.91 Å². The lowest BCUT2D eigenvalue weighted by atomic mass is 9.90. The van der Waals surface area contributed by atoms with E-state index < -0.39 is 0 Å². The van der Waals surface area contributed by atoms with Crippen LogP contribution in [0.15, 0.2) is 0 Å². The van der Waals surface area contributed by atoms with E-state index in [-0.39, 0.29) is 0 Å². The standard InChI is InChI=1S/C15H31NO/c1-6-8-14(10-9-13(3)4)11-12-15(17)16(5)7-2/h13-14H,6-12H2,1-5H3. The molecule has 0 radical (unpaired) electrons. The Morgan fingerprint density at radius 1 is 1.06 bits per heavy atom. The average Bonchev–Trinajstić information content (AvgIpc) is 2.31. The van der Waals surface area contributed by atoms with Crippen molar-refractivity contribution in [1.29, 1.82) is 0 Å². The smallest absolute Gasteiger partial charge is 0.222 e. The van der Waals surface area contributed by atoms with Crippen LogP contribution in [0.2, 0.25) is 0 Å². The summed E-state index contributed by atoms with van der Waals surface area (Å²) in [6.07, 6.45) is 6.89. The Bertz CT molecular complexity index is 201. The number of hydrogen-bond donors (Lipinski definition) is 0. The fourth-order valence-corrected chi connectivity index (χ4v) is 2.11. The molecule has 0 aromatic rings. The van der Waals surface area contributed by atoms with Crippen LogP contribution in [-0.2, 0) is 4.79 Å². The van der Waals surface area contributed by atoms with E-state index in [0.717, 1.165) is 31.2 Å². The molecule has 0 bridgehead atoms. The Hall–Kier alpha value is -0.530. The zero-order valence-electron chi connectivity index (χ0n) is 12.5. The number of amides is 1. The van der Waals surface area contributed by atoms with Gasteiger partial charge in [-0.15, -0.1) is 0 Å². The Balaban J connectivity index is 3.94. The van der Waals surface area contributed by atoms with Gasteiger partial charge in [-0.05, 0) is 25.2 Å². The first-order valence-corrected chi connectivity index (χ1v) is 7.25. The topological polar surface area (TPSA) is 20.3 Å². The summed E-state index contributed by atoms with van der Waals surface area (Å²) in [5.41, 5.74) is 0. The van der Waals surface area contributed by atoms with Gasteiger partial charge < -0.3 is 4.90 Å². The van der Waals surface area contributed by atoms with Crippen LogP contribution >= 0.6 is 0 Å². The van der Waals surface area contributed by atoms with Crippen LogP contribution in [0.4, 0.5) is 0 Å². The SMILES string of the molecule is CCCC(CCC(=O)N(C)CC)CCC(C)C. The van der Waals surface area contributed by atoms with Crippen LogP contribution in [0, 0.1) is 11.8 Å². The van der Waals surface area contributed by atoms with Gasteiger partial charge in [0, 0.05) is 20.0 Å². The van der Waals surface area contributed by atoms with Gasteiger partial charge >= 0.3 is 0 Å². The summed E-state index contributed by atoms with van der Waals surface area (Å²) in [5, 5.41) is 0. The highest BCUT2D eigenvalue weighted by molar-refractivity contribution is 5.75. The molecule has 0 heterocycles. The van der Waals surface area contributed by atoms with Crippen LogP contribution in [0.5, 0.6) is 0 Å². The van der Waals surface area contributed by atoms with Crippen LogP contribution in [-0.4, -0.2) is 24.4 Å². The Morgan fingerprint density at radius 3 is 2.18 bits per heavy atom. The van der Waals surface area contributed by atoms with Crippen LogP contribution < -0.4 is 0 Å². The van der Waals surface area contributed by atoms with Crippen LogP contribution in [0.25, 0.3) is 0 Å². The maximum Gasteiger partial charge on any atom is 0.222 e. The lowest BCUT2D eigenvalue weighted by molar-refractivity contribution is -0.130. The molecule has 0 aromatic carbocycles. The summed E-state index contributed by atoms with van der Waals surface area (Å²) < 4.78 is 0. The van der Waals surface area contributed by atoms with Crippen molar-refractivity contribution < 1.29 is 4.79 Å². The highest BCUT2D eigenvalue weighted by Gasteiger charge is 2.13. The monoisotopic (exact) mass is 241 g/mol. The molecule has 0 aliphatic carbocycles. The molecule has 0 aromatic heterocycles. The minimum atomic E-state index is 0.304. The minimum absolute atomic E-state index is 0.304. The molecule has 0 spiro atoms. The molecule has 1 atom stereocenters. The fourth-order valence-electron chi connectivity index (χ4n) is 2.11. The number of rotatable bonds is 9. The Morgan fingerprint density at radius 2 is 1.71 bits per heavy atom. The van der Waals surface area contributed by atoms with Gasteiger partial charge in [-0.1, -0.05) is 46.5 Å². The van der Waals surface area contributed by atoms with Crippen molar-refractivity contribution in [2.75, 3.05) is 13.6 Å². The van der Waals surface area contributed by atoms with Crippen molar-refractivity contribution in [2.45, 2.75) is 66.2 Å². The molecule has 17 heavy (non-hydrogen) atoms. The van der Waals surface area contributed by atoms with Crippen LogP contribution in [0.1, 0.15) is 66.2 Å². The maximum atomic E-state index is 11.7. The molecule has 0 saturated heterocycles. The van der Waals surface area contributed by atoms with Gasteiger partial charge in [0.1, 0.15) is 0 Å². The van der Waals surface area contributed by atoms with Crippen LogP contribution in [0.3, 0.4) is 0 Å². The van der Waals surface area contributed by atoms with Gasteiger partial charge in [0.25, 0.3) is 0 Å². The van der Waals surface area contributed by atoms with E-state index >= 15 is 0 Å². The molecule has 2 heteroatoms. The summed E-state index contributed by atoms with van der Waals surface area (Å²) in [5.74, 6) is 1.83. The normalized spacial score (nSPS) is 12.8. The maximum absolute atomic E-state index is 11.7. The third-order valence-corrected chi connectivity index (χ3v) is 3.52. The molecule has 1 amide bonds. The molecule has 102 valence electrons. The highest BCUT2D eigenvalue weighted by atomic mass is 16.2.